The molecule has 2 nitrogen and oxygen atoms in total. The van der Waals surface area contributed by atoms with Crippen LogP contribution in [-0.4, -0.2) is 19.8 Å². The first-order chi connectivity index (χ1) is 7.25. The number of ether oxygens (including phenoxy) is 1. The zero-order valence-electron chi connectivity index (χ0n) is 8.92. The zero-order chi connectivity index (χ0) is 10.7. The fourth-order valence-corrected chi connectivity index (χ4v) is 2.01. The van der Waals surface area contributed by atoms with Gasteiger partial charge in [0.15, 0.2) is 0 Å². The summed E-state index contributed by atoms with van der Waals surface area (Å²) in [5.74, 6) is 0.675. The summed E-state index contributed by atoms with van der Waals surface area (Å²) in [6, 6.07) is 6.36. The van der Waals surface area contributed by atoms with Gasteiger partial charge in [-0.3, -0.25) is 0 Å². The zero-order valence-corrected chi connectivity index (χ0v) is 10.5. The van der Waals surface area contributed by atoms with Gasteiger partial charge in [0.05, 0.1) is 6.61 Å². The van der Waals surface area contributed by atoms with E-state index in [1.807, 2.05) is 0 Å². The third kappa shape index (κ3) is 2.95. The molecule has 0 spiro atoms. The Bertz CT molecular complexity index is 334. The fraction of sp³-hybridized carbons (Fsp3) is 0.500. The number of rotatable bonds is 3. The Labute approximate surface area is 99.1 Å². The summed E-state index contributed by atoms with van der Waals surface area (Å²) in [7, 11) is 0. The topological polar surface area (TPSA) is 21.3 Å². The van der Waals surface area contributed by atoms with E-state index in [9.17, 15) is 0 Å². The van der Waals surface area contributed by atoms with Crippen LogP contribution >= 0.6 is 15.9 Å². The smallest absolute Gasteiger partial charge is 0.0511 e. The van der Waals surface area contributed by atoms with Crippen LogP contribution < -0.4 is 5.32 Å². The maximum atomic E-state index is 5.34. The standard InChI is InChI=1S/C12H16BrNO/c1-9-6-11(2-3-12(9)13)14-7-10-4-5-15-8-10/h2-3,6,10,14H,4-5,7-8H2,1H3. The Morgan fingerprint density at radius 1 is 1.53 bits per heavy atom. The lowest BCUT2D eigenvalue weighted by Crippen LogP contribution is -2.13. The molecule has 2 rings (SSSR count). The van der Waals surface area contributed by atoms with Crippen molar-refractivity contribution in [3.05, 3.63) is 28.2 Å². The van der Waals surface area contributed by atoms with E-state index in [4.69, 9.17) is 4.74 Å². The number of nitrogens with one attached hydrogen (secondary N) is 1. The lowest BCUT2D eigenvalue weighted by molar-refractivity contribution is 0.187. The fourth-order valence-electron chi connectivity index (χ4n) is 1.76. The highest BCUT2D eigenvalue weighted by molar-refractivity contribution is 9.10. The van der Waals surface area contributed by atoms with E-state index in [-0.39, 0.29) is 0 Å². The summed E-state index contributed by atoms with van der Waals surface area (Å²) >= 11 is 3.50. The van der Waals surface area contributed by atoms with Crippen molar-refractivity contribution in [2.75, 3.05) is 25.1 Å². The van der Waals surface area contributed by atoms with E-state index in [1.165, 1.54) is 17.7 Å². The number of halogens is 1. The molecule has 1 atom stereocenters. The van der Waals surface area contributed by atoms with Crippen LogP contribution in [0.2, 0.25) is 0 Å². The summed E-state index contributed by atoms with van der Waals surface area (Å²) in [6.45, 7) is 4.95. The number of benzene rings is 1. The Kier molecular flexibility index (Phi) is 3.65. The van der Waals surface area contributed by atoms with Crippen molar-refractivity contribution in [1.29, 1.82) is 0 Å². The van der Waals surface area contributed by atoms with Crippen LogP contribution in [0.25, 0.3) is 0 Å². The molecule has 0 bridgehead atoms. The second kappa shape index (κ2) is 4.99. The van der Waals surface area contributed by atoms with E-state index in [0.29, 0.717) is 5.92 Å². The van der Waals surface area contributed by atoms with Crippen molar-refractivity contribution in [1.82, 2.24) is 0 Å². The molecule has 0 radical (unpaired) electrons. The van der Waals surface area contributed by atoms with Crippen LogP contribution in [0.5, 0.6) is 0 Å². The van der Waals surface area contributed by atoms with Crippen molar-refractivity contribution in [2.24, 2.45) is 5.92 Å². The van der Waals surface area contributed by atoms with Gasteiger partial charge < -0.3 is 10.1 Å². The molecule has 1 saturated heterocycles. The van der Waals surface area contributed by atoms with Gasteiger partial charge in [-0.15, -0.1) is 0 Å². The first kappa shape index (κ1) is 11.0. The van der Waals surface area contributed by atoms with Crippen LogP contribution in [-0.2, 0) is 4.74 Å². The molecule has 15 heavy (non-hydrogen) atoms. The average Bonchev–Trinajstić information content (AvgIpc) is 2.73. The summed E-state index contributed by atoms with van der Waals surface area (Å²) in [6.07, 6.45) is 1.18. The molecule has 82 valence electrons. The van der Waals surface area contributed by atoms with Gasteiger partial charge in [0.25, 0.3) is 0 Å². The minimum atomic E-state index is 0.675. The van der Waals surface area contributed by atoms with Gasteiger partial charge in [0, 0.05) is 29.2 Å². The summed E-state index contributed by atoms with van der Waals surface area (Å²) in [5, 5.41) is 3.45. The Hall–Kier alpha value is -0.540. The van der Waals surface area contributed by atoms with E-state index in [1.54, 1.807) is 0 Å². The lowest BCUT2D eigenvalue weighted by atomic mass is 10.1. The first-order valence-corrected chi connectivity index (χ1v) is 6.13. The molecule has 1 N–H and O–H groups in total. The van der Waals surface area contributed by atoms with Crippen molar-refractivity contribution < 1.29 is 4.74 Å². The van der Waals surface area contributed by atoms with E-state index >= 15 is 0 Å². The van der Waals surface area contributed by atoms with Crippen molar-refractivity contribution in [3.8, 4) is 0 Å². The van der Waals surface area contributed by atoms with Gasteiger partial charge in [-0.2, -0.15) is 0 Å². The maximum Gasteiger partial charge on any atom is 0.0511 e. The van der Waals surface area contributed by atoms with Gasteiger partial charge in [-0.25, -0.2) is 0 Å². The number of hydrogen-bond donors (Lipinski definition) is 1. The molecule has 1 aromatic rings. The molecular weight excluding hydrogens is 254 g/mol. The number of aryl methyl sites for hydroxylation is 1. The Morgan fingerprint density at radius 3 is 3.07 bits per heavy atom. The molecular formula is C12H16BrNO. The van der Waals surface area contributed by atoms with Crippen LogP contribution in [0.1, 0.15) is 12.0 Å². The average molecular weight is 270 g/mol. The molecule has 1 aliphatic heterocycles. The molecule has 1 unspecified atom stereocenters. The molecule has 1 aliphatic rings. The molecule has 1 heterocycles. The largest absolute Gasteiger partial charge is 0.385 e. The first-order valence-electron chi connectivity index (χ1n) is 5.33. The molecule has 1 fully saturated rings. The van der Waals surface area contributed by atoms with E-state index in [0.717, 1.165) is 24.2 Å². The quantitative estimate of drug-likeness (QED) is 0.910. The van der Waals surface area contributed by atoms with Crippen molar-refractivity contribution >= 4 is 21.6 Å². The second-order valence-electron chi connectivity index (χ2n) is 4.07. The molecule has 3 heteroatoms. The summed E-state index contributed by atoms with van der Waals surface area (Å²) in [5.41, 5.74) is 2.46. The van der Waals surface area contributed by atoms with Crippen molar-refractivity contribution in [2.45, 2.75) is 13.3 Å². The highest BCUT2D eigenvalue weighted by Gasteiger charge is 2.14. The Balaban J connectivity index is 1.90. The maximum absolute atomic E-state index is 5.34. The second-order valence-corrected chi connectivity index (χ2v) is 4.93. The van der Waals surface area contributed by atoms with Gasteiger partial charge >= 0.3 is 0 Å². The number of hydrogen-bond acceptors (Lipinski definition) is 2. The lowest BCUT2D eigenvalue weighted by Gasteiger charge is -2.11. The SMILES string of the molecule is Cc1cc(NCC2CCOC2)ccc1Br. The molecule has 1 aromatic carbocycles. The molecule has 0 saturated carbocycles. The van der Waals surface area contributed by atoms with Crippen LogP contribution in [0, 0.1) is 12.8 Å². The molecule has 0 amide bonds. The molecule has 0 aliphatic carbocycles. The van der Waals surface area contributed by atoms with E-state index < -0.39 is 0 Å². The summed E-state index contributed by atoms with van der Waals surface area (Å²) < 4.78 is 6.50. The van der Waals surface area contributed by atoms with Crippen molar-refractivity contribution in [3.63, 3.8) is 0 Å². The normalized spacial score (nSPS) is 20.5. The summed E-state index contributed by atoms with van der Waals surface area (Å²) in [4.78, 5) is 0. The molecule has 0 aromatic heterocycles. The van der Waals surface area contributed by atoms with Crippen LogP contribution in [0.15, 0.2) is 22.7 Å². The van der Waals surface area contributed by atoms with E-state index in [2.05, 4.69) is 46.4 Å². The Morgan fingerprint density at radius 2 is 2.40 bits per heavy atom. The third-order valence-corrected chi connectivity index (χ3v) is 3.67. The van der Waals surface area contributed by atoms with Gasteiger partial charge in [-0.1, -0.05) is 15.9 Å². The third-order valence-electron chi connectivity index (χ3n) is 2.78. The predicted octanol–water partition coefficient (Wildman–Crippen LogP) is 3.21. The van der Waals surface area contributed by atoms with Gasteiger partial charge in [-0.05, 0) is 37.1 Å². The number of anilines is 1. The highest BCUT2D eigenvalue weighted by atomic mass is 79.9. The predicted molar refractivity (Wildman–Crippen MR) is 66.3 cm³/mol. The van der Waals surface area contributed by atoms with Gasteiger partial charge in [0.2, 0.25) is 0 Å². The minimum Gasteiger partial charge on any atom is -0.385 e. The monoisotopic (exact) mass is 269 g/mol. The highest BCUT2D eigenvalue weighted by Crippen LogP contribution is 2.21. The van der Waals surface area contributed by atoms with Gasteiger partial charge in [0.1, 0.15) is 0 Å². The minimum absolute atomic E-state index is 0.675. The van der Waals surface area contributed by atoms with Crippen LogP contribution in [0.4, 0.5) is 5.69 Å². The van der Waals surface area contributed by atoms with Crippen LogP contribution in [0.3, 0.4) is 0 Å².